The van der Waals surface area contributed by atoms with E-state index in [1.807, 2.05) is 42.5 Å². The molecular formula is C24H16FN. The predicted molar refractivity (Wildman–Crippen MR) is 106 cm³/mol. The zero-order valence-electron chi connectivity index (χ0n) is 14.1. The zero-order chi connectivity index (χ0) is 17.5. The van der Waals surface area contributed by atoms with Crippen LogP contribution in [0.3, 0.4) is 0 Å². The Kier molecular flexibility index (Phi) is 3.36. The lowest BCUT2D eigenvalue weighted by Crippen LogP contribution is -1.97. The molecule has 1 heterocycles. The summed E-state index contributed by atoms with van der Waals surface area (Å²) in [6.07, 6.45) is 0. The minimum atomic E-state index is -0.208. The summed E-state index contributed by atoms with van der Waals surface area (Å²) in [4.78, 5) is 0. The topological polar surface area (TPSA) is 4.93 Å². The Hall–Kier alpha value is -3.39. The van der Waals surface area contributed by atoms with Crippen LogP contribution in [0.4, 0.5) is 4.39 Å². The van der Waals surface area contributed by atoms with Gasteiger partial charge in [0.15, 0.2) is 0 Å². The number of aromatic nitrogens is 1. The average Bonchev–Trinajstić information content (AvgIpc) is 3.03. The average molecular weight is 337 g/mol. The van der Waals surface area contributed by atoms with Crippen LogP contribution in [-0.2, 0) is 0 Å². The highest BCUT2D eigenvalue weighted by molar-refractivity contribution is 6.09. The van der Waals surface area contributed by atoms with Gasteiger partial charge in [0, 0.05) is 21.9 Å². The third-order valence-electron chi connectivity index (χ3n) is 4.89. The molecule has 1 aromatic heterocycles. The van der Waals surface area contributed by atoms with Crippen LogP contribution < -0.4 is 0 Å². The maximum absolute atomic E-state index is 14.5. The minimum Gasteiger partial charge on any atom is -0.309 e. The van der Waals surface area contributed by atoms with Crippen molar-refractivity contribution in [2.45, 2.75) is 0 Å². The van der Waals surface area contributed by atoms with E-state index in [4.69, 9.17) is 0 Å². The van der Waals surface area contributed by atoms with Crippen molar-refractivity contribution in [1.29, 1.82) is 0 Å². The van der Waals surface area contributed by atoms with Crippen molar-refractivity contribution >= 4 is 21.8 Å². The highest BCUT2D eigenvalue weighted by Crippen LogP contribution is 2.36. The van der Waals surface area contributed by atoms with Crippen molar-refractivity contribution in [1.82, 2.24) is 4.57 Å². The van der Waals surface area contributed by atoms with E-state index >= 15 is 0 Å². The molecule has 1 nitrogen and oxygen atoms in total. The molecule has 2 heteroatoms. The summed E-state index contributed by atoms with van der Waals surface area (Å²) in [6, 6.07) is 31.7. The summed E-state index contributed by atoms with van der Waals surface area (Å²) in [5.74, 6) is -0.208. The second-order valence-corrected chi connectivity index (χ2v) is 6.37. The van der Waals surface area contributed by atoms with Crippen LogP contribution in [0.5, 0.6) is 0 Å². The van der Waals surface area contributed by atoms with E-state index in [-0.39, 0.29) is 5.82 Å². The largest absolute Gasteiger partial charge is 0.309 e. The quantitative estimate of drug-likeness (QED) is 0.342. The molecule has 0 N–H and O–H groups in total. The Morgan fingerprint density at radius 2 is 1.00 bits per heavy atom. The standard InChI is InChI=1S/C24H16FN/c25-21-13-5-1-9-17(21)18-10-2-6-14-22(18)26-23-15-7-3-11-19(23)20-12-4-8-16-24(20)26/h1-16H. The maximum Gasteiger partial charge on any atom is 0.131 e. The van der Waals surface area contributed by atoms with Crippen LogP contribution in [0.2, 0.25) is 0 Å². The predicted octanol–water partition coefficient (Wildman–Crippen LogP) is 6.59. The van der Waals surface area contributed by atoms with Gasteiger partial charge < -0.3 is 4.57 Å². The Morgan fingerprint density at radius 3 is 1.65 bits per heavy atom. The third kappa shape index (κ3) is 2.16. The van der Waals surface area contributed by atoms with Crippen LogP contribution in [0.1, 0.15) is 0 Å². The first-order valence-electron chi connectivity index (χ1n) is 8.67. The molecular weight excluding hydrogens is 321 g/mol. The van der Waals surface area contributed by atoms with Crippen LogP contribution in [0, 0.1) is 5.82 Å². The SMILES string of the molecule is Fc1ccccc1-c1ccccc1-n1c2ccccc2c2ccccc21. The summed E-state index contributed by atoms with van der Waals surface area (Å²) in [5, 5.41) is 2.40. The summed E-state index contributed by atoms with van der Waals surface area (Å²) < 4.78 is 16.7. The van der Waals surface area contributed by atoms with Gasteiger partial charge >= 0.3 is 0 Å². The Labute approximate surface area is 150 Å². The van der Waals surface area contributed by atoms with E-state index < -0.39 is 0 Å². The third-order valence-corrected chi connectivity index (χ3v) is 4.89. The number of hydrogen-bond acceptors (Lipinski definition) is 0. The molecule has 0 saturated heterocycles. The molecule has 0 spiro atoms. The van der Waals surface area contributed by atoms with Crippen molar-refractivity contribution in [3.05, 3.63) is 103 Å². The zero-order valence-corrected chi connectivity index (χ0v) is 14.1. The Bertz CT molecular complexity index is 1200. The monoisotopic (exact) mass is 337 g/mol. The highest BCUT2D eigenvalue weighted by Gasteiger charge is 2.15. The fraction of sp³-hybridized carbons (Fsp3) is 0. The van der Waals surface area contributed by atoms with E-state index in [0.29, 0.717) is 5.56 Å². The molecule has 0 aliphatic heterocycles. The Balaban J connectivity index is 1.92. The second-order valence-electron chi connectivity index (χ2n) is 6.37. The van der Waals surface area contributed by atoms with Gasteiger partial charge in [0.2, 0.25) is 0 Å². The molecule has 0 bridgehead atoms. The lowest BCUT2D eigenvalue weighted by atomic mass is 10.0. The molecule has 0 amide bonds. The lowest BCUT2D eigenvalue weighted by Gasteiger charge is -2.14. The van der Waals surface area contributed by atoms with Crippen molar-refractivity contribution in [2.24, 2.45) is 0 Å². The number of para-hydroxylation sites is 3. The molecule has 26 heavy (non-hydrogen) atoms. The molecule has 5 aromatic rings. The fourth-order valence-electron chi connectivity index (χ4n) is 3.76. The molecule has 0 aliphatic carbocycles. The van der Waals surface area contributed by atoms with E-state index in [0.717, 1.165) is 22.3 Å². The van der Waals surface area contributed by atoms with Gasteiger partial charge in [-0.1, -0.05) is 72.8 Å². The normalized spacial score (nSPS) is 11.3. The van der Waals surface area contributed by atoms with Crippen LogP contribution in [-0.4, -0.2) is 4.57 Å². The van der Waals surface area contributed by atoms with Gasteiger partial charge in [-0.25, -0.2) is 4.39 Å². The first-order chi connectivity index (χ1) is 12.8. The van der Waals surface area contributed by atoms with Gasteiger partial charge in [-0.05, 0) is 24.3 Å². The first kappa shape index (κ1) is 14.9. The van der Waals surface area contributed by atoms with Gasteiger partial charge in [0.1, 0.15) is 5.82 Å². The smallest absolute Gasteiger partial charge is 0.131 e. The summed E-state index contributed by atoms with van der Waals surface area (Å²) in [7, 11) is 0. The summed E-state index contributed by atoms with van der Waals surface area (Å²) in [5.41, 5.74) is 4.73. The van der Waals surface area contributed by atoms with E-state index in [2.05, 4.69) is 47.0 Å². The van der Waals surface area contributed by atoms with Gasteiger partial charge in [-0.3, -0.25) is 0 Å². The maximum atomic E-state index is 14.5. The number of nitrogens with zero attached hydrogens (tertiary/aromatic N) is 1. The number of hydrogen-bond donors (Lipinski definition) is 0. The van der Waals surface area contributed by atoms with Gasteiger partial charge in [0.05, 0.1) is 16.7 Å². The highest BCUT2D eigenvalue weighted by atomic mass is 19.1. The second kappa shape index (κ2) is 5.85. The van der Waals surface area contributed by atoms with E-state index in [1.165, 1.54) is 16.8 Å². The molecule has 0 saturated carbocycles. The number of halogens is 1. The molecule has 0 atom stereocenters. The number of benzene rings is 4. The molecule has 5 rings (SSSR count). The Morgan fingerprint density at radius 1 is 0.500 bits per heavy atom. The van der Waals surface area contributed by atoms with Crippen molar-refractivity contribution in [3.8, 4) is 16.8 Å². The van der Waals surface area contributed by atoms with Crippen LogP contribution >= 0.6 is 0 Å². The van der Waals surface area contributed by atoms with Crippen molar-refractivity contribution in [3.63, 3.8) is 0 Å². The molecule has 4 aromatic carbocycles. The molecule has 0 unspecified atom stereocenters. The summed E-state index contributed by atoms with van der Waals surface area (Å²) >= 11 is 0. The molecule has 0 radical (unpaired) electrons. The van der Waals surface area contributed by atoms with E-state index in [9.17, 15) is 4.39 Å². The first-order valence-corrected chi connectivity index (χ1v) is 8.67. The van der Waals surface area contributed by atoms with Crippen LogP contribution in [0.25, 0.3) is 38.6 Å². The fourth-order valence-corrected chi connectivity index (χ4v) is 3.76. The van der Waals surface area contributed by atoms with Crippen molar-refractivity contribution in [2.75, 3.05) is 0 Å². The van der Waals surface area contributed by atoms with Crippen molar-refractivity contribution < 1.29 is 4.39 Å². The molecule has 0 fully saturated rings. The number of rotatable bonds is 2. The minimum absolute atomic E-state index is 0.208. The van der Waals surface area contributed by atoms with Gasteiger partial charge in [0.25, 0.3) is 0 Å². The molecule has 124 valence electrons. The van der Waals surface area contributed by atoms with E-state index in [1.54, 1.807) is 6.07 Å². The van der Waals surface area contributed by atoms with Gasteiger partial charge in [-0.15, -0.1) is 0 Å². The van der Waals surface area contributed by atoms with Crippen LogP contribution in [0.15, 0.2) is 97.1 Å². The molecule has 0 aliphatic rings. The van der Waals surface area contributed by atoms with Gasteiger partial charge in [-0.2, -0.15) is 0 Å². The lowest BCUT2D eigenvalue weighted by molar-refractivity contribution is 0.631. The number of fused-ring (bicyclic) bond motifs is 3. The summed E-state index contributed by atoms with van der Waals surface area (Å²) in [6.45, 7) is 0.